The summed E-state index contributed by atoms with van der Waals surface area (Å²) in [6.45, 7) is -0.705. The molecule has 5 nitrogen and oxygen atoms in total. The number of rotatable bonds is 4. The van der Waals surface area contributed by atoms with Gasteiger partial charge in [-0.15, -0.1) is 0 Å². The molecule has 1 aliphatic rings. The average molecular weight is 291 g/mol. The molecule has 0 aromatic heterocycles. The van der Waals surface area contributed by atoms with Gasteiger partial charge in [0.1, 0.15) is 19.3 Å². The van der Waals surface area contributed by atoms with Gasteiger partial charge in [0.05, 0.1) is 6.54 Å². The molecule has 2 N–H and O–H groups in total. The fourth-order valence-corrected chi connectivity index (χ4v) is 1.81. The zero-order valence-corrected chi connectivity index (χ0v) is 10.2. The first-order chi connectivity index (χ1) is 9.37. The van der Waals surface area contributed by atoms with Crippen LogP contribution in [0, 0.1) is 0 Å². The summed E-state index contributed by atoms with van der Waals surface area (Å²) in [5.74, 6) is -0.625. The van der Waals surface area contributed by atoms with Crippen LogP contribution in [0.3, 0.4) is 0 Å². The molecule has 0 fully saturated rings. The molecule has 1 heterocycles. The second-order valence-electron chi connectivity index (χ2n) is 4.17. The number of halogens is 3. The standard InChI is InChI=1S/C12H12F3NO4/c13-12(14,15)6-16-10(11(17)18)7-1-2-8-9(5-7)20-4-3-19-8/h1-2,5,10,16H,3-4,6H2,(H,17,18). The average Bonchev–Trinajstić information content (AvgIpc) is 2.37. The molecule has 1 aromatic carbocycles. The highest BCUT2D eigenvalue weighted by atomic mass is 19.4. The Hall–Kier alpha value is -1.96. The summed E-state index contributed by atoms with van der Waals surface area (Å²) in [4.78, 5) is 11.1. The Balaban J connectivity index is 2.19. The van der Waals surface area contributed by atoms with Gasteiger partial charge in [-0.2, -0.15) is 13.2 Å². The van der Waals surface area contributed by atoms with Crippen LogP contribution in [0.5, 0.6) is 11.5 Å². The van der Waals surface area contributed by atoms with Crippen molar-refractivity contribution in [1.82, 2.24) is 5.32 Å². The number of nitrogens with one attached hydrogen (secondary N) is 1. The molecular formula is C12H12F3NO4. The van der Waals surface area contributed by atoms with E-state index in [0.717, 1.165) is 0 Å². The number of aliphatic carboxylic acids is 1. The topological polar surface area (TPSA) is 67.8 Å². The third-order valence-corrected chi connectivity index (χ3v) is 2.65. The van der Waals surface area contributed by atoms with Gasteiger partial charge in [-0.25, -0.2) is 0 Å². The highest BCUT2D eigenvalue weighted by Gasteiger charge is 2.31. The first kappa shape index (κ1) is 14.4. The summed E-state index contributed by atoms with van der Waals surface area (Å²) in [6.07, 6.45) is -4.48. The van der Waals surface area contributed by atoms with Crippen molar-refractivity contribution >= 4 is 5.97 Å². The van der Waals surface area contributed by atoms with Gasteiger partial charge < -0.3 is 14.6 Å². The SMILES string of the molecule is O=C(O)C(NCC(F)(F)F)c1ccc2c(c1)OCCO2. The zero-order valence-electron chi connectivity index (χ0n) is 10.2. The molecule has 2 rings (SSSR count). The molecule has 1 atom stereocenters. The molecule has 8 heteroatoms. The number of alkyl halides is 3. The van der Waals surface area contributed by atoms with Crippen LogP contribution in [-0.2, 0) is 4.79 Å². The largest absolute Gasteiger partial charge is 0.486 e. The van der Waals surface area contributed by atoms with E-state index in [1.165, 1.54) is 18.2 Å². The lowest BCUT2D eigenvalue weighted by atomic mass is 10.1. The third-order valence-electron chi connectivity index (χ3n) is 2.65. The Labute approximate surface area is 112 Å². The molecule has 0 saturated heterocycles. The van der Waals surface area contributed by atoms with Crippen molar-refractivity contribution in [1.29, 1.82) is 0 Å². The lowest BCUT2D eigenvalue weighted by Crippen LogP contribution is -2.36. The summed E-state index contributed by atoms with van der Waals surface area (Å²) in [5, 5.41) is 11.0. The maximum Gasteiger partial charge on any atom is 0.401 e. The second-order valence-corrected chi connectivity index (χ2v) is 4.17. The van der Waals surface area contributed by atoms with Crippen LogP contribution in [0.2, 0.25) is 0 Å². The van der Waals surface area contributed by atoms with Crippen molar-refractivity contribution in [2.24, 2.45) is 0 Å². The van der Waals surface area contributed by atoms with Crippen LogP contribution in [0.25, 0.3) is 0 Å². The van der Waals surface area contributed by atoms with Crippen LogP contribution in [0.15, 0.2) is 18.2 Å². The monoisotopic (exact) mass is 291 g/mol. The molecule has 1 unspecified atom stereocenters. The van der Waals surface area contributed by atoms with E-state index in [0.29, 0.717) is 24.7 Å². The number of carbonyl (C=O) groups is 1. The van der Waals surface area contributed by atoms with Gasteiger partial charge in [0.25, 0.3) is 0 Å². The highest BCUT2D eigenvalue weighted by molar-refractivity contribution is 5.76. The third kappa shape index (κ3) is 3.53. The van der Waals surface area contributed by atoms with Crippen molar-refractivity contribution < 1.29 is 32.5 Å². The van der Waals surface area contributed by atoms with E-state index in [2.05, 4.69) is 0 Å². The lowest BCUT2D eigenvalue weighted by molar-refractivity contribution is -0.143. The Morgan fingerprint density at radius 1 is 1.30 bits per heavy atom. The highest BCUT2D eigenvalue weighted by Crippen LogP contribution is 2.32. The van der Waals surface area contributed by atoms with Crippen LogP contribution >= 0.6 is 0 Å². The molecule has 0 spiro atoms. The maximum atomic E-state index is 12.2. The van der Waals surface area contributed by atoms with E-state index in [9.17, 15) is 18.0 Å². The Bertz CT molecular complexity index is 504. The fourth-order valence-electron chi connectivity index (χ4n) is 1.81. The van der Waals surface area contributed by atoms with Gasteiger partial charge in [-0.1, -0.05) is 6.07 Å². The summed E-state index contributed by atoms with van der Waals surface area (Å²) >= 11 is 0. The first-order valence-electron chi connectivity index (χ1n) is 5.79. The van der Waals surface area contributed by atoms with Gasteiger partial charge in [0.15, 0.2) is 11.5 Å². The Morgan fingerprint density at radius 3 is 2.55 bits per heavy atom. The van der Waals surface area contributed by atoms with Crippen molar-refractivity contribution in [3.8, 4) is 11.5 Å². The molecule has 0 radical (unpaired) electrons. The van der Waals surface area contributed by atoms with Gasteiger partial charge in [-0.05, 0) is 17.7 Å². The van der Waals surface area contributed by atoms with E-state index in [4.69, 9.17) is 14.6 Å². The smallest absolute Gasteiger partial charge is 0.401 e. The number of hydrogen-bond donors (Lipinski definition) is 2. The first-order valence-corrected chi connectivity index (χ1v) is 5.79. The van der Waals surface area contributed by atoms with Crippen LogP contribution < -0.4 is 14.8 Å². The minimum Gasteiger partial charge on any atom is -0.486 e. The molecule has 0 bridgehead atoms. The van der Waals surface area contributed by atoms with Gasteiger partial charge in [0.2, 0.25) is 0 Å². The van der Waals surface area contributed by atoms with E-state index < -0.39 is 24.7 Å². The minimum atomic E-state index is -4.48. The van der Waals surface area contributed by atoms with E-state index in [1.54, 1.807) is 0 Å². The van der Waals surface area contributed by atoms with Crippen LogP contribution in [0.4, 0.5) is 13.2 Å². The summed E-state index contributed by atoms with van der Waals surface area (Å²) in [7, 11) is 0. The minimum absolute atomic E-state index is 0.172. The number of hydrogen-bond acceptors (Lipinski definition) is 4. The van der Waals surface area contributed by atoms with Gasteiger partial charge >= 0.3 is 12.1 Å². The Morgan fingerprint density at radius 2 is 1.95 bits per heavy atom. The van der Waals surface area contributed by atoms with E-state index in [1.807, 2.05) is 5.32 Å². The molecule has 1 aliphatic heterocycles. The normalized spacial score (nSPS) is 15.8. The number of carboxylic acid groups (broad SMARTS) is 1. The molecule has 0 amide bonds. The quantitative estimate of drug-likeness (QED) is 0.884. The number of carboxylic acids is 1. The summed E-state index contributed by atoms with van der Waals surface area (Å²) in [6, 6.07) is 2.79. The van der Waals surface area contributed by atoms with E-state index in [-0.39, 0.29) is 5.56 Å². The Kier molecular flexibility index (Phi) is 4.03. The molecule has 20 heavy (non-hydrogen) atoms. The van der Waals surface area contributed by atoms with Gasteiger partial charge in [-0.3, -0.25) is 10.1 Å². The maximum absolute atomic E-state index is 12.2. The van der Waals surface area contributed by atoms with Crippen molar-refractivity contribution in [2.45, 2.75) is 12.2 Å². The summed E-state index contributed by atoms with van der Waals surface area (Å²) < 4.78 is 47.0. The zero-order chi connectivity index (χ0) is 14.8. The molecule has 110 valence electrons. The van der Waals surface area contributed by atoms with Crippen LogP contribution in [0.1, 0.15) is 11.6 Å². The number of ether oxygens (including phenoxy) is 2. The molecule has 0 aliphatic carbocycles. The van der Waals surface area contributed by atoms with E-state index >= 15 is 0 Å². The molecular weight excluding hydrogens is 279 g/mol. The predicted octanol–water partition coefficient (Wildman–Crippen LogP) is 1.74. The second kappa shape index (κ2) is 5.58. The number of benzene rings is 1. The fraction of sp³-hybridized carbons (Fsp3) is 0.417. The van der Waals surface area contributed by atoms with Gasteiger partial charge in [0, 0.05) is 0 Å². The predicted molar refractivity (Wildman–Crippen MR) is 61.9 cm³/mol. The van der Waals surface area contributed by atoms with Crippen molar-refractivity contribution in [3.63, 3.8) is 0 Å². The summed E-state index contributed by atoms with van der Waals surface area (Å²) in [5.41, 5.74) is 0.172. The lowest BCUT2D eigenvalue weighted by Gasteiger charge is -2.21. The van der Waals surface area contributed by atoms with Crippen LogP contribution in [-0.4, -0.2) is 37.0 Å². The molecule has 0 saturated carbocycles. The van der Waals surface area contributed by atoms with Crippen molar-refractivity contribution in [2.75, 3.05) is 19.8 Å². The van der Waals surface area contributed by atoms with Crippen molar-refractivity contribution in [3.05, 3.63) is 23.8 Å². The molecule has 1 aromatic rings. The number of fused-ring (bicyclic) bond motifs is 1.